The van der Waals surface area contributed by atoms with Crippen LogP contribution in [0.15, 0.2) is 24.5 Å². The first kappa shape index (κ1) is 22.3. The van der Waals surface area contributed by atoms with Gasteiger partial charge in [-0.1, -0.05) is 6.92 Å². The number of hydrogen-bond donors (Lipinski definition) is 1. The van der Waals surface area contributed by atoms with E-state index in [-0.39, 0.29) is 6.09 Å². The molecule has 0 radical (unpaired) electrons. The number of likely N-dealkylation sites (N-methyl/N-ethyl adjacent to an activating group) is 1. The molecule has 0 bridgehead atoms. The fraction of sp³-hybridized carbons (Fsp3) is 0.565. The van der Waals surface area contributed by atoms with Gasteiger partial charge in [0.05, 0.1) is 24.1 Å². The number of amides is 1. The molecule has 2 aliphatic heterocycles. The number of aromatic nitrogens is 3. The van der Waals surface area contributed by atoms with E-state index >= 15 is 0 Å². The van der Waals surface area contributed by atoms with Crippen LogP contribution in [0.3, 0.4) is 0 Å². The maximum atomic E-state index is 12.3. The van der Waals surface area contributed by atoms with Crippen molar-refractivity contribution in [3.63, 3.8) is 0 Å². The lowest BCUT2D eigenvalue weighted by Gasteiger charge is -2.34. The minimum Gasteiger partial charge on any atom is -0.444 e. The van der Waals surface area contributed by atoms with Crippen LogP contribution in [0.1, 0.15) is 39.0 Å². The van der Waals surface area contributed by atoms with E-state index in [0.717, 1.165) is 55.5 Å². The van der Waals surface area contributed by atoms with Crippen molar-refractivity contribution in [3.05, 3.63) is 35.8 Å². The zero-order valence-electron chi connectivity index (χ0n) is 19.5. The number of ether oxygens (including phenoxy) is 1. The van der Waals surface area contributed by atoms with E-state index in [2.05, 4.69) is 37.0 Å². The summed E-state index contributed by atoms with van der Waals surface area (Å²) < 4.78 is 5.48. The highest BCUT2D eigenvalue weighted by atomic mass is 16.6. The Labute approximate surface area is 189 Å². The second-order valence-corrected chi connectivity index (χ2v) is 9.27. The first-order valence-electron chi connectivity index (χ1n) is 11.3. The standard InChI is InChI=1S/C23H33N7O2/c1-5-28-10-12-29(13-11-28)20-7-6-18(15-24-20)26-21-25-14-17-16-30(9-8-19(17)27-21)22(31)32-23(2,3)4/h6-7,14-15H,5,8-13,16H2,1-4H3,(H,25,26,27). The normalized spacial score (nSPS) is 17.1. The third kappa shape index (κ3) is 5.45. The zero-order chi connectivity index (χ0) is 22.7. The minimum absolute atomic E-state index is 0.298. The van der Waals surface area contributed by atoms with Gasteiger partial charge in [0.1, 0.15) is 11.4 Å². The quantitative estimate of drug-likeness (QED) is 0.778. The molecule has 4 rings (SSSR count). The fourth-order valence-electron chi connectivity index (χ4n) is 3.93. The molecule has 0 aromatic carbocycles. The van der Waals surface area contributed by atoms with E-state index in [4.69, 9.17) is 4.74 Å². The molecule has 172 valence electrons. The Hall–Kier alpha value is -2.94. The number of hydrogen-bond acceptors (Lipinski definition) is 8. The van der Waals surface area contributed by atoms with Crippen LogP contribution in [0.5, 0.6) is 0 Å². The summed E-state index contributed by atoms with van der Waals surface area (Å²) in [5.41, 5.74) is 2.26. The molecule has 1 N–H and O–H groups in total. The van der Waals surface area contributed by atoms with Gasteiger partial charge < -0.3 is 24.8 Å². The summed E-state index contributed by atoms with van der Waals surface area (Å²) >= 11 is 0. The van der Waals surface area contributed by atoms with E-state index in [0.29, 0.717) is 25.5 Å². The molecular weight excluding hydrogens is 406 g/mol. The summed E-state index contributed by atoms with van der Waals surface area (Å²) in [6, 6.07) is 4.06. The predicted octanol–water partition coefficient (Wildman–Crippen LogP) is 3.05. The third-order valence-electron chi connectivity index (χ3n) is 5.73. The Balaban J connectivity index is 1.36. The Morgan fingerprint density at radius 2 is 1.88 bits per heavy atom. The molecule has 2 aromatic heterocycles. The average molecular weight is 440 g/mol. The molecule has 0 atom stereocenters. The first-order chi connectivity index (χ1) is 15.3. The lowest BCUT2D eigenvalue weighted by Crippen LogP contribution is -2.46. The van der Waals surface area contributed by atoms with Crippen molar-refractivity contribution < 1.29 is 9.53 Å². The molecule has 0 spiro atoms. The number of nitrogens with zero attached hydrogens (tertiary/aromatic N) is 6. The van der Waals surface area contributed by atoms with Gasteiger partial charge in [0.15, 0.2) is 0 Å². The van der Waals surface area contributed by atoms with Crippen molar-refractivity contribution in [1.82, 2.24) is 24.8 Å². The lowest BCUT2D eigenvalue weighted by atomic mass is 10.1. The number of pyridine rings is 1. The molecule has 2 aromatic rings. The van der Waals surface area contributed by atoms with Gasteiger partial charge in [-0.3, -0.25) is 0 Å². The Morgan fingerprint density at radius 1 is 1.09 bits per heavy atom. The van der Waals surface area contributed by atoms with E-state index < -0.39 is 5.60 Å². The molecule has 0 saturated carbocycles. The molecule has 1 amide bonds. The zero-order valence-corrected chi connectivity index (χ0v) is 19.5. The number of rotatable bonds is 4. The SMILES string of the molecule is CCN1CCN(c2ccc(Nc3ncc4c(n3)CCN(C(=O)OC(C)(C)C)C4)cn2)CC1. The van der Waals surface area contributed by atoms with Crippen LogP contribution in [0.25, 0.3) is 0 Å². The maximum absolute atomic E-state index is 12.3. The van der Waals surface area contributed by atoms with Gasteiger partial charge in [-0.25, -0.2) is 19.7 Å². The topological polar surface area (TPSA) is 86.7 Å². The van der Waals surface area contributed by atoms with Crippen LogP contribution in [0.4, 0.5) is 22.2 Å². The number of piperazine rings is 1. The molecule has 2 aliphatic rings. The van der Waals surface area contributed by atoms with Gasteiger partial charge in [-0.05, 0) is 39.4 Å². The maximum Gasteiger partial charge on any atom is 0.410 e. The van der Waals surface area contributed by atoms with Crippen molar-refractivity contribution >= 4 is 23.5 Å². The van der Waals surface area contributed by atoms with Crippen LogP contribution in [0, 0.1) is 0 Å². The van der Waals surface area contributed by atoms with Crippen LogP contribution in [0.2, 0.25) is 0 Å². The van der Waals surface area contributed by atoms with Gasteiger partial charge in [-0.15, -0.1) is 0 Å². The summed E-state index contributed by atoms with van der Waals surface area (Å²) in [5, 5.41) is 3.25. The summed E-state index contributed by atoms with van der Waals surface area (Å²) in [7, 11) is 0. The number of carbonyl (C=O) groups is 1. The van der Waals surface area contributed by atoms with Crippen molar-refractivity contribution in [1.29, 1.82) is 0 Å². The molecule has 9 heteroatoms. The predicted molar refractivity (Wildman–Crippen MR) is 124 cm³/mol. The molecule has 1 saturated heterocycles. The van der Waals surface area contributed by atoms with Gasteiger partial charge >= 0.3 is 6.09 Å². The number of anilines is 3. The largest absolute Gasteiger partial charge is 0.444 e. The van der Waals surface area contributed by atoms with Crippen LogP contribution in [-0.2, 0) is 17.7 Å². The van der Waals surface area contributed by atoms with E-state index in [1.54, 1.807) is 11.1 Å². The monoisotopic (exact) mass is 439 g/mol. The lowest BCUT2D eigenvalue weighted by molar-refractivity contribution is 0.0222. The molecule has 9 nitrogen and oxygen atoms in total. The highest BCUT2D eigenvalue weighted by Crippen LogP contribution is 2.22. The smallest absolute Gasteiger partial charge is 0.410 e. The molecule has 4 heterocycles. The van der Waals surface area contributed by atoms with Crippen molar-refractivity contribution in [2.75, 3.05) is 49.5 Å². The molecule has 32 heavy (non-hydrogen) atoms. The van der Waals surface area contributed by atoms with Crippen molar-refractivity contribution in [2.24, 2.45) is 0 Å². The Bertz CT molecular complexity index is 934. The Kier molecular flexibility index (Phi) is 6.45. The molecule has 0 unspecified atom stereocenters. The minimum atomic E-state index is -0.505. The molecular formula is C23H33N7O2. The van der Waals surface area contributed by atoms with Crippen molar-refractivity contribution in [3.8, 4) is 0 Å². The summed E-state index contributed by atoms with van der Waals surface area (Å²) in [6.45, 7) is 14.1. The fourth-order valence-corrected chi connectivity index (χ4v) is 3.93. The number of nitrogens with one attached hydrogen (secondary N) is 1. The first-order valence-corrected chi connectivity index (χ1v) is 11.3. The van der Waals surface area contributed by atoms with Gasteiger partial charge in [0.2, 0.25) is 5.95 Å². The number of carbonyl (C=O) groups excluding carboxylic acids is 1. The van der Waals surface area contributed by atoms with Crippen LogP contribution < -0.4 is 10.2 Å². The summed E-state index contributed by atoms with van der Waals surface area (Å²) in [6.07, 6.45) is 3.99. The van der Waals surface area contributed by atoms with E-state index in [1.807, 2.05) is 39.1 Å². The third-order valence-corrected chi connectivity index (χ3v) is 5.73. The molecule has 0 aliphatic carbocycles. The average Bonchev–Trinajstić information content (AvgIpc) is 2.78. The number of fused-ring (bicyclic) bond motifs is 1. The van der Waals surface area contributed by atoms with Gasteiger partial charge in [0, 0.05) is 50.9 Å². The van der Waals surface area contributed by atoms with Crippen molar-refractivity contribution in [2.45, 2.75) is 46.3 Å². The highest BCUT2D eigenvalue weighted by Gasteiger charge is 2.26. The summed E-state index contributed by atoms with van der Waals surface area (Å²) in [5.74, 6) is 1.54. The van der Waals surface area contributed by atoms with E-state index in [9.17, 15) is 4.79 Å². The van der Waals surface area contributed by atoms with Crippen LogP contribution >= 0.6 is 0 Å². The molecule has 1 fully saturated rings. The van der Waals surface area contributed by atoms with E-state index in [1.165, 1.54) is 0 Å². The second kappa shape index (κ2) is 9.28. The van der Waals surface area contributed by atoms with Gasteiger partial charge in [-0.2, -0.15) is 0 Å². The van der Waals surface area contributed by atoms with Crippen LogP contribution in [-0.4, -0.2) is 75.7 Å². The second-order valence-electron chi connectivity index (χ2n) is 9.27. The summed E-state index contributed by atoms with van der Waals surface area (Å²) in [4.78, 5) is 32.5. The Morgan fingerprint density at radius 3 is 2.53 bits per heavy atom. The highest BCUT2D eigenvalue weighted by molar-refractivity contribution is 5.68. The van der Waals surface area contributed by atoms with Gasteiger partial charge in [0.25, 0.3) is 0 Å².